The number of aromatic nitrogens is 1. The third-order valence-electron chi connectivity index (χ3n) is 3.08. The van der Waals surface area contributed by atoms with Gasteiger partial charge in [-0.15, -0.1) is 11.3 Å². The molecule has 0 saturated heterocycles. The highest BCUT2D eigenvalue weighted by Crippen LogP contribution is 2.30. The Morgan fingerprint density at radius 1 is 1.38 bits per heavy atom. The van der Waals surface area contributed by atoms with Crippen LogP contribution in [0.3, 0.4) is 0 Å². The van der Waals surface area contributed by atoms with Crippen LogP contribution in [0.4, 0.5) is 4.79 Å². The molecule has 2 rings (SSSR count). The molecule has 132 valence electrons. The van der Waals surface area contributed by atoms with Gasteiger partial charge in [-0.2, -0.15) is 0 Å². The first-order valence-corrected chi connectivity index (χ1v) is 8.28. The first-order chi connectivity index (χ1) is 11.2. The number of amides is 1. The summed E-state index contributed by atoms with van der Waals surface area (Å²) in [7, 11) is 1.57. The highest BCUT2D eigenvalue weighted by Gasteiger charge is 2.24. The molecule has 8 heteroatoms. The van der Waals surface area contributed by atoms with Gasteiger partial charge in [-0.05, 0) is 39.0 Å². The number of ether oxygens (including phenoxy) is 2. The van der Waals surface area contributed by atoms with Crippen molar-refractivity contribution in [1.29, 1.82) is 0 Å². The molecular formula is C16H22N2O5S. The van der Waals surface area contributed by atoms with Gasteiger partial charge in [0.05, 0.1) is 17.3 Å². The van der Waals surface area contributed by atoms with Crippen molar-refractivity contribution < 1.29 is 24.5 Å². The molecule has 0 aliphatic heterocycles. The van der Waals surface area contributed by atoms with E-state index in [9.17, 15) is 15.0 Å². The van der Waals surface area contributed by atoms with Gasteiger partial charge >= 0.3 is 6.09 Å². The summed E-state index contributed by atoms with van der Waals surface area (Å²) in [4.78, 5) is 15.9. The predicted octanol–water partition coefficient (Wildman–Crippen LogP) is 2.22. The third-order valence-corrected chi connectivity index (χ3v) is 4.17. The molecule has 0 fully saturated rings. The van der Waals surface area contributed by atoms with Crippen molar-refractivity contribution in [3.8, 4) is 5.75 Å². The van der Waals surface area contributed by atoms with E-state index in [1.165, 1.54) is 11.3 Å². The van der Waals surface area contributed by atoms with E-state index in [0.717, 1.165) is 4.70 Å². The van der Waals surface area contributed by atoms with Crippen LogP contribution >= 0.6 is 11.3 Å². The van der Waals surface area contributed by atoms with Crippen LogP contribution in [0.15, 0.2) is 18.2 Å². The average Bonchev–Trinajstić information content (AvgIpc) is 2.92. The van der Waals surface area contributed by atoms with E-state index in [0.29, 0.717) is 16.3 Å². The van der Waals surface area contributed by atoms with Crippen molar-refractivity contribution in [3.63, 3.8) is 0 Å². The normalized spacial score (nSPS) is 14.2. The molecule has 2 aromatic rings. The molecule has 0 spiro atoms. The zero-order valence-electron chi connectivity index (χ0n) is 14.1. The Kier molecular flexibility index (Phi) is 5.63. The van der Waals surface area contributed by atoms with Gasteiger partial charge in [-0.25, -0.2) is 9.78 Å². The van der Waals surface area contributed by atoms with E-state index in [1.807, 2.05) is 6.07 Å². The summed E-state index contributed by atoms with van der Waals surface area (Å²) >= 11 is 1.26. The Balaban J connectivity index is 2.00. The molecule has 1 amide bonds. The summed E-state index contributed by atoms with van der Waals surface area (Å²) in [5.41, 5.74) is 0.0851. The second-order valence-electron chi connectivity index (χ2n) is 6.28. The molecule has 1 aromatic heterocycles. The summed E-state index contributed by atoms with van der Waals surface area (Å²) in [6.45, 7) is 5.09. The second-order valence-corrected chi connectivity index (χ2v) is 7.34. The number of hydrogen-bond acceptors (Lipinski definition) is 7. The van der Waals surface area contributed by atoms with Crippen LogP contribution in [0.1, 0.15) is 31.9 Å². The number of fused-ring (bicyclic) bond motifs is 1. The highest BCUT2D eigenvalue weighted by atomic mass is 32.1. The topological polar surface area (TPSA) is 101 Å². The highest BCUT2D eigenvalue weighted by molar-refractivity contribution is 7.18. The monoisotopic (exact) mass is 354 g/mol. The number of carbonyl (C=O) groups excluding carboxylic acids is 1. The number of alkyl carbamates (subject to hydrolysis) is 1. The first kappa shape index (κ1) is 18.4. The number of thiazole rings is 1. The minimum atomic E-state index is -1.21. The average molecular weight is 354 g/mol. The Morgan fingerprint density at radius 2 is 2.08 bits per heavy atom. The molecule has 24 heavy (non-hydrogen) atoms. The zero-order valence-corrected chi connectivity index (χ0v) is 14.9. The zero-order chi connectivity index (χ0) is 17.9. The molecule has 1 aromatic carbocycles. The van der Waals surface area contributed by atoms with Crippen LogP contribution < -0.4 is 10.1 Å². The van der Waals surface area contributed by atoms with Crippen molar-refractivity contribution in [2.75, 3.05) is 13.7 Å². The van der Waals surface area contributed by atoms with Crippen LogP contribution in [-0.2, 0) is 4.74 Å². The van der Waals surface area contributed by atoms with Crippen LogP contribution in [0.5, 0.6) is 5.75 Å². The lowest BCUT2D eigenvalue weighted by atomic mass is 10.2. The van der Waals surface area contributed by atoms with E-state index >= 15 is 0 Å². The molecule has 0 aliphatic rings. The van der Waals surface area contributed by atoms with Gasteiger partial charge in [-0.1, -0.05) is 0 Å². The van der Waals surface area contributed by atoms with Gasteiger partial charge in [0, 0.05) is 6.54 Å². The van der Waals surface area contributed by atoms with Crippen LogP contribution in [-0.4, -0.2) is 46.6 Å². The van der Waals surface area contributed by atoms with Gasteiger partial charge in [0.25, 0.3) is 0 Å². The lowest BCUT2D eigenvalue weighted by Crippen LogP contribution is -2.38. The summed E-state index contributed by atoms with van der Waals surface area (Å²) in [5.74, 6) is 0.694. The molecular weight excluding hydrogens is 332 g/mol. The predicted molar refractivity (Wildman–Crippen MR) is 91.4 cm³/mol. The summed E-state index contributed by atoms with van der Waals surface area (Å²) in [6.07, 6.45) is -3.05. The van der Waals surface area contributed by atoms with Crippen LogP contribution in [0.25, 0.3) is 10.2 Å². The molecule has 7 nitrogen and oxygen atoms in total. The summed E-state index contributed by atoms with van der Waals surface area (Å²) in [6, 6.07) is 5.37. The van der Waals surface area contributed by atoms with E-state index in [1.54, 1.807) is 40.0 Å². The largest absolute Gasteiger partial charge is 0.497 e. The standard InChI is InChI=1S/C16H22N2O5S/c1-16(2,3)23-15(21)17-8-11(19)13(20)14-18-10-6-5-9(22-4)7-12(10)24-14/h5-7,11,13,19-20H,8H2,1-4H3,(H,17,21). The number of rotatable bonds is 5. The van der Waals surface area contributed by atoms with Gasteiger partial charge in [0.2, 0.25) is 0 Å². The van der Waals surface area contributed by atoms with Gasteiger partial charge in [-0.3, -0.25) is 0 Å². The minimum absolute atomic E-state index is 0.144. The molecule has 3 N–H and O–H groups in total. The molecule has 2 atom stereocenters. The van der Waals surface area contributed by atoms with E-state index in [4.69, 9.17) is 9.47 Å². The Bertz CT molecular complexity index is 710. The Morgan fingerprint density at radius 3 is 2.71 bits per heavy atom. The fourth-order valence-corrected chi connectivity index (χ4v) is 3.00. The first-order valence-electron chi connectivity index (χ1n) is 7.47. The van der Waals surface area contributed by atoms with Crippen LogP contribution in [0, 0.1) is 0 Å². The Labute approximate surface area is 144 Å². The number of nitrogens with one attached hydrogen (secondary N) is 1. The summed E-state index contributed by atoms with van der Waals surface area (Å²) in [5, 5.41) is 23.1. The lowest BCUT2D eigenvalue weighted by molar-refractivity contribution is 0.0129. The number of nitrogens with zero attached hydrogens (tertiary/aromatic N) is 1. The van der Waals surface area contributed by atoms with Crippen LogP contribution in [0.2, 0.25) is 0 Å². The Hall–Kier alpha value is -1.90. The van der Waals surface area contributed by atoms with Crippen molar-refractivity contribution in [2.45, 2.75) is 38.6 Å². The maximum Gasteiger partial charge on any atom is 0.407 e. The smallest absolute Gasteiger partial charge is 0.407 e. The molecule has 2 unspecified atom stereocenters. The van der Waals surface area contributed by atoms with Crippen molar-refractivity contribution in [3.05, 3.63) is 23.2 Å². The fourth-order valence-electron chi connectivity index (χ4n) is 1.95. The van der Waals surface area contributed by atoms with Crippen molar-refractivity contribution >= 4 is 27.6 Å². The van der Waals surface area contributed by atoms with Gasteiger partial charge in [0.15, 0.2) is 0 Å². The molecule has 0 bridgehead atoms. The van der Waals surface area contributed by atoms with E-state index in [2.05, 4.69) is 10.3 Å². The third kappa shape index (κ3) is 4.80. The van der Waals surface area contributed by atoms with Gasteiger partial charge in [0.1, 0.15) is 28.6 Å². The number of hydrogen-bond donors (Lipinski definition) is 3. The minimum Gasteiger partial charge on any atom is -0.497 e. The molecule has 0 radical (unpaired) electrons. The van der Waals surface area contributed by atoms with Crippen molar-refractivity contribution in [1.82, 2.24) is 10.3 Å². The van der Waals surface area contributed by atoms with Gasteiger partial charge < -0.3 is 25.0 Å². The molecule has 0 saturated carbocycles. The number of aliphatic hydroxyl groups is 2. The number of carbonyl (C=O) groups is 1. The number of methoxy groups -OCH3 is 1. The molecule has 1 heterocycles. The quantitative estimate of drug-likeness (QED) is 0.761. The summed E-state index contributed by atoms with van der Waals surface area (Å²) < 4.78 is 11.1. The molecule has 0 aliphatic carbocycles. The number of benzene rings is 1. The number of aliphatic hydroxyl groups excluding tert-OH is 2. The van der Waals surface area contributed by atoms with E-state index in [-0.39, 0.29) is 6.54 Å². The van der Waals surface area contributed by atoms with Crippen molar-refractivity contribution in [2.24, 2.45) is 0 Å². The van der Waals surface area contributed by atoms with E-state index < -0.39 is 23.9 Å². The second kappa shape index (κ2) is 7.33. The lowest BCUT2D eigenvalue weighted by Gasteiger charge is -2.21. The fraction of sp³-hybridized carbons (Fsp3) is 0.500. The maximum atomic E-state index is 11.6. The maximum absolute atomic E-state index is 11.6. The SMILES string of the molecule is COc1ccc2nc(C(O)C(O)CNC(=O)OC(C)(C)C)sc2c1.